The molecule has 2 aliphatic rings. The van der Waals surface area contributed by atoms with Gasteiger partial charge >= 0.3 is 0 Å². The minimum absolute atomic E-state index is 0.247. The number of anilines is 2. The average Bonchev–Trinajstić information content (AvgIpc) is 3.27. The van der Waals surface area contributed by atoms with Gasteiger partial charge in [0, 0.05) is 49.7 Å². The van der Waals surface area contributed by atoms with Crippen molar-refractivity contribution >= 4 is 11.5 Å². The van der Waals surface area contributed by atoms with E-state index in [-0.39, 0.29) is 11.6 Å². The molecule has 0 spiro atoms. The monoisotopic (exact) mass is 413 g/mol. The summed E-state index contributed by atoms with van der Waals surface area (Å²) in [4.78, 5) is 9.73. The van der Waals surface area contributed by atoms with Crippen LogP contribution in [0, 0.1) is 6.92 Å². The van der Waals surface area contributed by atoms with Gasteiger partial charge in [-0.1, -0.05) is 0 Å². The molecular weight excluding hydrogens is 378 g/mol. The molecule has 7 nitrogen and oxygen atoms in total. The number of aryl methyl sites for hydroxylation is 2. The van der Waals surface area contributed by atoms with Gasteiger partial charge in [-0.15, -0.1) is 0 Å². The molecule has 0 aromatic carbocycles. The van der Waals surface area contributed by atoms with E-state index in [4.69, 9.17) is 19.6 Å². The molecule has 0 amide bonds. The third-order valence-electron chi connectivity index (χ3n) is 5.90. The number of pyridine rings is 1. The van der Waals surface area contributed by atoms with Gasteiger partial charge in [-0.25, -0.2) is 0 Å². The standard InChI is InChI=1S/C23H35N5O2/c1-16-12-19(25-26(16)6)20-8-7-9-28(20)21-13-18(27-10-11-29-15-17(27)2)14-22(24-21)30-23(3,4)5/h12-14,17,20H,7-11,15H2,1-6H3. The number of rotatable bonds is 4. The molecule has 0 aliphatic carbocycles. The summed E-state index contributed by atoms with van der Waals surface area (Å²) in [6, 6.07) is 7.06. The molecule has 2 aromatic heterocycles. The van der Waals surface area contributed by atoms with E-state index in [0.717, 1.165) is 56.3 Å². The Morgan fingerprint density at radius 3 is 2.60 bits per heavy atom. The molecule has 0 N–H and O–H groups in total. The third-order valence-corrected chi connectivity index (χ3v) is 5.90. The lowest BCUT2D eigenvalue weighted by molar-refractivity contribution is 0.0986. The second-order valence-electron chi connectivity index (χ2n) is 9.54. The van der Waals surface area contributed by atoms with Gasteiger partial charge in [0.15, 0.2) is 0 Å². The molecule has 0 radical (unpaired) electrons. The molecule has 2 atom stereocenters. The summed E-state index contributed by atoms with van der Waals surface area (Å²) < 4.78 is 13.8. The highest BCUT2D eigenvalue weighted by atomic mass is 16.5. The van der Waals surface area contributed by atoms with Crippen LogP contribution in [0.25, 0.3) is 0 Å². The maximum absolute atomic E-state index is 6.22. The van der Waals surface area contributed by atoms with Crippen molar-refractivity contribution in [2.24, 2.45) is 7.05 Å². The fourth-order valence-electron chi connectivity index (χ4n) is 4.37. The Hall–Kier alpha value is -2.28. The first kappa shape index (κ1) is 21.0. The van der Waals surface area contributed by atoms with Gasteiger partial charge in [0.2, 0.25) is 5.88 Å². The first-order valence-electron chi connectivity index (χ1n) is 11.0. The Morgan fingerprint density at radius 2 is 1.93 bits per heavy atom. The summed E-state index contributed by atoms with van der Waals surface area (Å²) in [7, 11) is 2.01. The van der Waals surface area contributed by atoms with Crippen LogP contribution in [0.2, 0.25) is 0 Å². The Morgan fingerprint density at radius 1 is 1.13 bits per heavy atom. The fraction of sp³-hybridized carbons (Fsp3) is 0.652. The summed E-state index contributed by atoms with van der Waals surface area (Å²) in [5.74, 6) is 1.65. The maximum atomic E-state index is 6.22. The summed E-state index contributed by atoms with van der Waals surface area (Å²) in [5.41, 5.74) is 3.15. The summed E-state index contributed by atoms with van der Waals surface area (Å²) in [5, 5.41) is 4.76. The molecule has 2 aliphatic heterocycles. The zero-order valence-electron chi connectivity index (χ0n) is 19.2. The topological polar surface area (TPSA) is 55.6 Å². The second kappa shape index (κ2) is 8.10. The van der Waals surface area contributed by atoms with Crippen molar-refractivity contribution in [3.05, 3.63) is 29.6 Å². The summed E-state index contributed by atoms with van der Waals surface area (Å²) in [6.45, 7) is 13.8. The van der Waals surface area contributed by atoms with E-state index in [2.05, 4.69) is 62.6 Å². The summed E-state index contributed by atoms with van der Waals surface area (Å²) in [6.07, 6.45) is 2.22. The van der Waals surface area contributed by atoms with Crippen LogP contribution in [0.1, 0.15) is 58.0 Å². The van der Waals surface area contributed by atoms with Crippen molar-refractivity contribution in [2.75, 3.05) is 36.1 Å². The van der Waals surface area contributed by atoms with Crippen LogP contribution in [-0.2, 0) is 11.8 Å². The number of hydrogen-bond donors (Lipinski definition) is 0. The lowest BCUT2D eigenvalue weighted by atomic mass is 10.1. The molecule has 2 saturated heterocycles. The molecule has 4 rings (SSSR count). The first-order chi connectivity index (χ1) is 14.2. The van der Waals surface area contributed by atoms with E-state index in [9.17, 15) is 0 Å². The van der Waals surface area contributed by atoms with Crippen LogP contribution >= 0.6 is 0 Å². The molecule has 7 heteroatoms. The zero-order chi connectivity index (χ0) is 21.5. The van der Waals surface area contributed by atoms with Crippen molar-refractivity contribution in [3.8, 4) is 5.88 Å². The van der Waals surface area contributed by atoms with Crippen molar-refractivity contribution in [2.45, 2.75) is 65.1 Å². The molecule has 4 heterocycles. The van der Waals surface area contributed by atoms with Gasteiger partial charge in [0.05, 0.1) is 24.9 Å². The zero-order valence-corrected chi connectivity index (χ0v) is 19.2. The van der Waals surface area contributed by atoms with Gasteiger partial charge in [-0.05, 0) is 53.5 Å². The third kappa shape index (κ3) is 4.41. The highest BCUT2D eigenvalue weighted by Crippen LogP contribution is 2.38. The average molecular weight is 414 g/mol. The van der Waals surface area contributed by atoms with E-state index in [0.29, 0.717) is 11.9 Å². The van der Waals surface area contributed by atoms with E-state index >= 15 is 0 Å². The largest absolute Gasteiger partial charge is 0.472 e. The predicted octanol–water partition coefficient (Wildman–Crippen LogP) is 3.87. The first-order valence-corrected chi connectivity index (χ1v) is 11.0. The molecule has 164 valence electrons. The van der Waals surface area contributed by atoms with Crippen LogP contribution < -0.4 is 14.5 Å². The smallest absolute Gasteiger partial charge is 0.217 e. The van der Waals surface area contributed by atoms with Gasteiger partial charge in [-0.3, -0.25) is 4.68 Å². The number of morpholine rings is 1. The SMILES string of the molecule is Cc1cc(C2CCCN2c2cc(N3CCOCC3C)cc(OC(C)(C)C)n2)nn1C. The van der Waals surface area contributed by atoms with Gasteiger partial charge in [-0.2, -0.15) is 10.1 Å². The van der Waals surface area contributed by atoms with Crippen molar-refractivity contribution in [3.63, 3.8) is 0 Å². The molecule has 30 heavy (non-hydrogen) atoms. The molecule has 2 unspecified atom stereocenters. The fourth-order valence-corrected chi connectivity index (χ4v) is 4.37. The van der Waals surface area contributed by atoms with Crippen molar-refractivity contribution in [1.82, 2.24) is 14.8 Å². The Labute approximate surface area is 180 Å². The lowest BCUT2D eigenvalue weighted by Gasteiger charge is -2.36. The summed E-state index contributed by atoms with van der Waals surface area (Å²) >= 11 is 0. The van der Waals surface area contributed by atoms with Crippen LogP contribution in [0.3, 0.4) is 0 Å². The minimum atomic E-state index is -0.304. The molecule has 2 fully saturated rings. The van der Waals surface area contributed by atoms with Crippen LogP contribution in [0.5, 0.6) is 5.88 Å². The number of aromatic nitrogens is 3. The molecule has 0 saturated carbocycles. The van der Waals surface area contributed by atoms with E-state index in [1.165, 1.54) is 5.69 Å². The highest BCUT2D eigenvalue weighted by molar-refractivity contribution is 5.60. The Bertz CT molecular complexity index is 869. The number of nitrogens with zero attached hydrogens (tertiary/aromatic N) is 5. The molecule has 0 bridgehead atoms. The maximum Gasteiger partial charge on any atom is 0.217 e. The van der Waals surface area contributed by atoms with Crippen molar-refractivity contribution in [1.29, 1.82) is 0 Å². The number of ether oxygens (including phenoxy) is 2. The van der Waals surface area contributed by atoms with Gasteiger partial charge in [0.25, 0.3) is 0 Å². The van der Waals surface area contributed by atoms with Crippen LogP contribution in [-0.4, -0.2) is 52.7 Å². The number of hydrogen-bond acceptors (Lipinski definition) is 6. The quantitative estimate of drug-likeness (QED) is 0.759. The van der Waals surface area contributed by atoms with E-state index < -0.39 is 0 Å². The second-order valence-corrected chi connectivity index (χ2v) is 9.54. The van der Waals surface area contributed by atoms with Crippen molar-refractivity contribution < 1.29 is 9.47 Å². The Balaban J connectivity index is 1.71. The van der Waals surface area contributed by atoms with Gasteiger partial charge < -0.3 is 19.3 Å². The predicted molar refractivity (Wildman–Crippen MR) is 120 cm³/mol. The van der Waals surface area contributed by atoms with Crippen LogP contribution in [0.15, 0.2) is 18.2 Å². The lowest BCUT2D eigenvalue weighted by Crippen LogP contribution is -2.43. The van der Waals surface area contributed by atoms with Gasteiger partial charge in [0.1, 0.15) is 11.4 Å². The van der Waals surface area contributed by atoms with Crippen LogP contribution in [0.4, 0.5) is 11.5 Å². The minimum Gasteiger partial charge on any atom is -0.472 e. The Kier molecular flexibility index (Phi) is 5.66. The molecule has 2 aromatic rings. The highest BCUT2D eigenvalue weighted by Gasteiger charge is 2.31. The van der Waals surface area contributed by atoms with E-state index in [1.807, 2.05) is 11.7 Å². The van der Waals surface area contributed by atoms with E-state index in [1.54, 1.807) is 0 Å². The molecular formula is C23H35N5O2. The normalized spacial score (nSPS) is 22.6.